The summed E-state index contributed by atoms with van der Waals surface area (Å²) in [5.41, 5.74) is 1.13. The molecule has 0 aliphatic carbocycles. The Bertz CT molecular complexity index is 1080. The molecule has 0 saturated carbocycles. The smallest absolute Gasteiger partial charge is 0.178 e. The summed E-state index contributed by atoms with van der Waals surface area (Å²) >= 11 is 2.18. The van der Waals surface area contributed by atoms with Gasteiger partial charge in [0.2, 0.25) is 0 Å². The van der Waals surface area contributed by atoms with Crippen LogP contribution < -0.4 is 14.2 Å². The maximum absolute atomic E-state index is 6.05. The van der Waals surface area contributed by atoms with Gasteiger partial charge in [-0.2, -0.15) is 5.10 Å². The van der Waals surface area contributed by atoms with Gasteiger partial charge in [0.15, 0.2) is 9.45 Å². The molecule has 0 aliphatic rings. The topological polar surface area (TPSA) is 45.5 Å². The summed E-state index contributed by atoms with van der Waals surface area (Å²) in [5, 5.41) is 4.55. The van der Waals surface area contributed by atoms with Gasteiger partial charge in [-0.1, -0.05) is 36.4 Å². The number of para-hydroxylation sites is 1. The number of hydrogen-bond donors (Lipinski definition) is 0. The summed E-state index contributed by atoms with van der Waals surface area (Å²) in [7, 11) is 1.66. The van der Waals surface area contributed by atoms with E-state index < -0.39 is 0 Å². The van der Waals surface area contributed by atoms with E-state index in [1.54, 1.807) is 7.11 Å². The fourth-order valence-corrected chi connectivity index (χ4v) is 3.33. The predicted molar refractivity (Wildman–Crippen MR) is 120 cm³/mol. The number of hydrogen-bond acceptors (Lipinski definition) is 4. The first-order chi connectivity index (χ1) is 14.2. The average molecular weight is 498 g/mol. The highest BCUT2D eigenvalue weighted by atomic mass is 127. The van der Waals surface area contributed by atoms with Crippen LogP contribution >= 0.6 is 22.6 Å². The van der Waals surface area contributed by atoms with Gasteiger partial charge >= 0.3 is 0 Å². The summed E-state index contributed by atoms with van der Waals surface area (Å²) < 4.78 is 19.8. The van der Waals surface area contributed by atoms with E-state index in [1.807, 2.05) is 89.7 Å². The van der Waals surface area contributed by atoms with Crippen LogP contribution in [0.25, 0.3) is 0 Å². The number of ether oxygens (including phenoxy) is 3. The Labute approximate surface area is 183 Å². The number of nitrogens with zero attached hydrogens (tertiary/aromatic N) is 2. The minimum absolute atomic E-state index is 0.653. The Morgan fingerprint density at radius 1 is 0.793 bits per heavy atom. The van der Waals surface area contributed by atoms with Gasteiger partial charge in [-0.3, -0.25) is 4.68 Å². The molecule has 1 aromatic heterocycles. The van der Waals surface area contributed by atoms with E-state index >= 15 is 0 Å². The summed E-state index contributed by atoms with van der Waals surface area (Å²) in [6.45, 7) is 0.653. The fourth-order valence-electron chi connectivity index (χ4n) is 2.80. The van der Waals surface area contributed by atoms with Crippen molar-refractivity contribution in [3.8, 4) is 28.7 Å². The van der Waals surface area contributed by atoms with Gasteiger partial charge in [0.25, 0.3) is 0 Å². The highest BCUT2D eigenvalue weighted by Crippen LogP contribution is 2.30. The van der Waals surface area contributed by atoms with E-state index in [0.29, 0.717) is 23.8 Å². The van der Waals surface area contributed by atoms with Crippen LogP contribution in [0, 0.1) is 3.70 Å². The van der Waals surface area contributed by atoms with Gasteiger partial charge in [0.1, 0.15) is 23.0 Å². The van der Waals surface area contributed by atoms with Gasteiger partial charge < -0.3 is 14.2 Å². The molecule has 0 bridgehead atoms. The zero-order valence-electron chi connectivity index (χ0n) is 15.8. The van der Waals surface area contributed by atoms with E-state index in [-0.39, 0.29) is 0 Å². The van der Waals surface area contributed by atoms with Crippen LogP contribution in [0.4, 0.5) is 0 Å². The number of aromatic nitrogens is 2. The minimum atomic E-state index is 0.653. The molecule has 146 valence electrons. The first-order valence-electron chi connectivity index (χ1n) is 9.06. The maximum Gasteiger partial charge on any atom is 0.178 e. The predicted octanol–water partition coefficient (Wildman–Crippen LogP) is 6.13. The molecule has 4 rings (SSSR count). The van der Waals surface area contributed by atoms with Crippen LogP contribution in [0.3, 0.4) is 0 Å². The highest BCUT2D eigenvalue weighted by molar-refractivity contribution is 14.1. The van der Waals surface area contributed by atoms with E-state index in [9.17, 15) is 0 Å². The Kier molecular flexibility index (Phi) is 6.00. The van der Waals surface area contributed by atoms with Crippen LogP contribution in [0.1, 0.15) is 5.56 Å². The Morgan fingerprint density at radius 2 is 1.48 bits per heavy atom. The molecule has 0 N–H and O–H groups in total. The second-order valence-corrected chi connectivity index (χ2v) is 7.34. The van der Waals surface area contributed by atoms with E-state index in [1.165, 1.54) is 0 Å². The SMILES string of the molecule is COc1ccc(Cn2cc(Oc3cccc(Oc4ccccc4)c3)c(I)n2)cc1. The van der Waals surface area contributed by atoms with Gasteiger partial charge in [0, 0.05) is 6.07 Å². The van der Waals surface area contributed by atoms with Gasteiger partial charge in [-0.15, -0.1) is 0 Å². The minimum Gasteiger partial charge on any atom is -0.497 e. The van der Waals surface area contributed by atoms with Crippen LogP contribution in [0.5, 0.6) is 28.7 Å². The van der Waals surface area contributed by atoms with Crippen molar-refractivity contribution in [2.24, 2.45) is 0 Å². The number of benzene rings is 3. The first-order valence-corrected chi connectivity index (χ1v) is 10.1. The first kappa shape index (κ1) is 19.3. The Balaban J connectivity index is 1.46. The lowest BCUT2D eigenvalue weighted by Gasteiger charge is -2.08. The zero-order valence-corrected chi connectivity index (χ0v) is 17.9. The lowest BCUT2D eigenvalue weighted by atomic mass is 10.2. The standard InChI is InChI=1S/C23H19IN2O3/c1-27-18-12-10-17(11-13-18)15-26-16-22(23(24)25-26)29-21-9-5-8-20(14-21)28-19-6-3-2-4-7-19/h2-14,16H,15H2,1H3. The van der Waals surface area contributed by atoms with Crippen LogP contribution in [0.15, 0.2) is 85.1 Å². The summed E-state index contributed by atoms with van der Waals surface area (Å²) in [6, 6.07) is 25.2. The molecule has 5 nitrogen and oxygen atoms in total. The fraction of sp³-hybridized carbons (Fsp3) is 0.0870. The van der Waals surface area contributed by atoms with Gasteiger partial charge in [-0.25, -0.2) is 0 Å². The quantitative estimate of drug-likeness (QED) is 0.288. The molecule has 0 amide bonds. The molecule has 0 unspecified atom stereocenters. The highest BCUT2D eigenvalue weighted by Gasteiger charge is 2.10. The average Bonchev–Trinajstić information content (AvgIpc) is 3.08. The molecular weight excluding hydrogens is 479 g/mol. The van der Waals surface area contributed by atoms with E-state index in [0.717, 1.165) is 20.8 Å². The molecular formula is C23H19IN2O3. The monoisotopic (exact) mass is 498 g/mol. The van der Waals surface area contributed by atoms with Gasteiger partial charge in [-0.05, 0) is 64.6 Å². The van der Waals surface area contributed by atoms with Crippen molar-refractivity contribution in [1.82, 2.24) is 9.78 Å². The molecule has 4 aromatic rings. The third kappa shape index (κ3) is 5.08. The largest absolute Gasteiger partial charge is 0.497 e. The molecule has 3 aromatic carbocycles. The van der Waals surface area contributed by atoms with Crippen molar-refractivity contribution in [1.29, 1.82) is 0 Å². The van der Waals surface area contributed by atoms with Crippen molar-refractivity contribution in [3.63, 3.8) is 0 Å². The van der Waals surface area contributed by atoms with Crippen LogP contribution in [0.2, 0.25) is 0 Å². The molecule has 29 heavy (non-hydrogen) atoms. The summed E-state index contributed by atoms with van der Waals surface area (Å²) in [4.78, 5) is 0. The summed E-state index contributed by atoms with van der Waals surface area (Å²) in [6.07, 6.45) is 1.90. The molecule has 0 fully saturated rings. The third-order valence-corrected chi connectivity index (χ3v) is 4.95. The summed E-state index contributed by atoms with van der Waals surface area (Å²) in [5.74, 6) is 3.74. The van der Waals surface area contributed by atoms with Crippen LogP contribution in [-0.4, -0.2) is 16.9 Å². The normalized spacial score (nSPS) is 10.6. The Morgan fingerprint density at radius 3 is 2.21 bits per heavy atom. The van der Waals surface area contributed by atoms with Crippen molar-refractivity contribution in [2.75, 3.05) is 7.11 Å². The van der Waals surface area contributed by atoms with Gasteiger partial charge in [0.05, 0.1) is 19.9 Å². The number of halogens is 1. The van der Waals surface area contributed by atoms with E-state index in [4.69, 9.17) is 14.2 Å². The zero-order chi connectivity index (χ0) is 20.1. The molecule has 0 aliphatic heterocycles. The van der Waals surface area contributed by atoms with Crippen molar-refractivity contribution < 1.29 is 14.2 Å². The lowest BCUT2D eigenvalue weighted by Crippen LogP contribution is -2.00. The maximum atomic E-state index is 6.05. The molecule has 1 heterocycles. The van der Waals surface area contributed by atoms with Crippen LogP contribution in [-0.2, 0) is 6.54 Å². The third-order valence-electron chi connectivity index (χ3n) is 4.20. The lowest BCUT2D eigenvalue weighted by molar-refractivity contribution is 0.414. The second-order valence-electron chi connectivity index (χ2n) is 6.32. The van der Waals surface area contributed by atoms with Crippen molar-refractivity contribution in [2.45, 2.75) is 6.54 Å². The molecule has 0 saturated heterocycles. The molecule has 0 spiro atoms. The van der Waals surface area contributed by atoms with Crippen molar-refractivity contribution >= 4 is 22.6 Å². The Hall–Kier alpha value is -3.00. The van der Waals surface area contributed by atoms with Crippen molar-refractivity contribution in [3.05, 3.63) is 94.3 Å². The molecule has 0 radical (unpaired) electrons. The number of rotatable bonds is 7. The molecule has 6 heteroatoms. The molecule has 0 atom stereocenters. The second kappa shape index (κ2) is 9.00. The van der Waals surface area contributed by atoms with E-state index in [2.05, 4.69) is 27.7 Å². The number of methoxy groups -OCH3 is 1.